The molecule has 5 nitrogen and oxygen atoms in total. The average molecular weight is 292 g/mol. The number of hydrogen-bond acceptors (Lipinski definition) is 3. The fraction of sp³-hybridized carbons (Fsp3) is 0.562. The molecule has 1 aromatic rings. The predicted molar refractivity (Wildman–Crippen MR) is 82.6 cm³/mol. The lowest BCUT2D eigenvalue weighted by atomic mass is 10.2. The van der Waals surface area contributed by atoms with Crippen molar-refractivity contribution in [3.8, 4) is 5.75 Å². The standard InChI is InChI=1S/C16H24N2O3/c1-2-13(9-10-19)17-16(20)18-14-5-3-4-6-15(14)21-11-12-7-8-12/h3-6,12-13,19H,2,7-11H2,1H3,(H2,17,18,20). The van der Waals surface area contributed by atoms with Crippen LogP contribution in [-0.2, 0) is 0 Å². The van der Waals surface area contributed by atoms with Gasteiger partial charge < -0.3 is 20.5 Å². The quantitative estimate of drug-likeness (QED) is 0.690. The minimum atomic E-state index is -0.266. The van der Waals surface area contributed by atoms with E-state index >= 15 is 0 Å². The summed E-state index contributed by atoms with van der Waals surface area (Å²) in [4.78, 5) is 12.0. The molecular weight excluding hydrogens is 268 g/mol. The van der Waals surface area contributed by atoms with Crippen LogP contribution in [-0.4, -0.2) is 30.4 Å². The lowest BCUT2D eigenvalue weighted by Crippen LogP contribution is -2.38. The van der Waals surface area contributed by atoms with Gasteiger partial charge in [0, 0.05) is 12.6 Å². The van der Waals surface area contributed by atoms with Crippen molar-refractivity contribution in [3.05, 3.63) is 24.3 Å². The molecule has 1 aliphatic rings. The molecule has 21 heavy (non-hydrogen) atoms. The molecule has 0 heterocycles. The molecule has 3 N–H and O–H groups in total. The second-order valence-electron chi connectivity index (χ2n) is 5.47. The van der Waals surface area contributed by atoms with Crippen LogP contribution in [0.1, 0.15) is 32.6 Å². The Bertz CT molecular complexity index is 461. The number of aliphatic hydroxyl groups excluding tert-OH is 1. The van der Waals surface area contributed by atoms with Crippen molar-refractivity contribution in [3.63, 3.8) is 0 Å². The highest BCUT2D eigenvalue weighted by Gasteiger charge is 2.22. The Hall–Kier alpha value is -1.75. The minimum Gasteiger partial charge on any atom is -0.491 e. The normalized spacial score (nSPS) is 15.3. The second kappa shape index (κ2) is 7.88. The van der Waals surface area contributed by atoms with Crippen LogP contribution in [0.3, 0.4) is 0 Å². The van der Waals surface area contributed by atoms with Crippen LogP contribution in [0.15, 0.2) is 24.3 Å². The van der Waals surface area contributed by atoms with Crippen molar-refractivity contribution >= 4 is 11.7 Å². The number of benzene rings is 1. The first-order chi connectivity index (χ1) is 10.2. The summed E-state index contributed by atoms with van der Waals surface area (Å²) in [5.74, 6) is 1.37. The van der Waals surface area contributed by atoms with Crippen LogP contribution in [0.25, 0.3) is 0 Å². The van der Waals surface area contributed by atoms with Crippen LogP contribution < -0.4 is 15.4 Å². The van der Waals surface area contributed by atoms with Gasteiger partial charge in [-0.05, 0) is 43.7 Å². The van der Waals surface area contributed by atoms with E-state index in [0.29, 0.717) is 30.4 Å². The number of ether oxygens (including phenoxy) is 1. The van der Waals surface area contributed by atoms with Gasteiger partial charge in [-0.15, -0.1) is 0 Å². The zero-order chi connectivity index (χ0) is 15.1. The van der Waals surface area contributed by atoms with Crippen molar-refractivity contribution in [2.75, 3.05) is 18.5 Å². The van der Waals surface area contributed by atoms with E-state index in [4.69, 9.17) is 9.84 Å². The van der Waals surface area contributed by atoms with Crippen molar-refractivity contribution < 1.29 is 14.6 Å². The zero-order valence-corrected chi connectivity index (χ0v) is 12.5. The van der Waals surface area contributed by atoms with Gasteiger partial charge in [-0.25, -0.2) is 4.79 Å². The van der Waals surface area contributed by atoms with Crippen LogP contribution in [0.5, 0.6) is 5.75 Å². The number of anilines is 1. The molecule has 1 aromatic carbocycles. The molecule has 1 unspecified atom stereocenters. The van der Waals surface area contributed by atoms with Gasteiger partial charge in [0.15, 0.2) is 0 Å². The molecule has 1 aliphatic carbocycles. The Kier molecular flexibility index (Phi) is 5.87. The number of aliphatic hydroxyl groups is 1. The summed E-state index contributed by atoms with van der Waals surface area (Å²) in [5.41, 5.74) is 0.675. The molecule has 0 aromatic heterocycles. The number of nitrogens with one attached hydrogen (secondary N) is 2. The number of carbonyl (C=O) groups excluding carboxylic acids is 1. The fourth-order valence-corrected chi connectivity index (χ4v) is 2.07. The van der Waals surface area contributed by atoms with Gasteiger partial charge in [-0.3, -0.25) is 0 Å². The monoisotopic (exact) mass is 292 g/mol. The molecule has 2 amide bonds. The summed E-state index contributed by atoms with van der Waals surface area (Å²) in [6, 6.07) is 7.17. The lowest BCUT2D eigenvalue weighted by Gasteiger charge is -2.17. The Morgan fingerprint density at radius 2 is 2.19 bits per heavy atom. The topological polar surface area (TPSA) is 70.6 Å². The molecule has 0 spiro atoms. The van der Waals surface area contributed by atoms with Crippen molar-refractivity contribution in [1.82, 2.24) is 5.32 Å². The van der Waals surface area contributed by atoms with E-state index in [9.17, 15) is 4.79 Å². The molecule has 5 heteroatoms. The molecule has 0 saturated heterocycles. The van der Waals surface area contributed by atoms with Gasteiger partial charge in [0.25, 0.3) is 0 Å². The van der Waals surface area contributed by atoms with E-state index in [0.717, 1.165) is 6.42 Å². The van der Waals surface area contributed by atoms with Crippen LogP contribution in [0.4, 0.5) is 10.5 Å². The third-order valence-electron chi connectivity index (χ3n) is 3.61. The minimum absolute atomic E-state index is 0.0189. The van der Waals surface area contributed by atoms with E-state index in [1.54, 1.807) is 0 Å². The first kappa shape index (κ1) is 15.6. The Labute approximate surface area is 125 Å². The Morgan fingerprint density at radius 1 is 1.43 bits per heavy atom. The first-order valence-corrected chi connectivity index (χ1v) is 7.63. The second-order valence-corrected chi connectivity index (χ2v) is 5.47. The highest BCUT2D eigenvalue weighted by Crippen LogP contribution is 2.31. The average Bonchev–Trinajstić information content (AvgIpc) is 3.30. The van der Waals surface area contributed by atoms with Crippen LogP contribution in [0.2, 0.25) is 0 Å². The Balaban J connectivity index is 1.89. The summed E-state index contributed by atoms with van der Waals surface area (Å²) in [6.07, 6.45) is 3.81. The fourth-order valence-electron chi connectivity index (χ4n) is 2.07. The summed E-state index contributed by atoms with van der Waals surface area (Å²) >= 11 is 0. The summed E-state index contributed by atoms with van der Waals surface area (Å²) in [5, 5.41) is 14.6. The number of rotatable bonds is 8. The lowest BCUT2D eigenvalue weighted by molar-refractivity contribution is 0.237. The van der Waals surface area contributed by atoms with Gasteiger partial charge in [0.2, 0.25) is 0 Å². The maximum atomic E-state index is 12.0. The van der Waals surface area contributed by atoms with E-state index < -0.39 is 0 Å². The van der Waals surface area contributed by atoms with Gasteiger partial charge >= 0.3 is 6.03 Å². The number of carbonyl (C=O) groups is 1. The summed E-state index contributed by atoms with van der Waals surface area (Å²) in [7, 11) is 0. The SMILES string of the molecule is CCC(CCO)NC(=O)Nc1ccccc1OCC1CC1. The number of para-hydroxylation sites is 2. The third kappa shape index (κ3) is 5.27. The summed E-state index contributed by atoms with van der Waals surface area (Å²) < 4.78 is 5.76. The molecule has 0 bridgehead atoms. The largest absolute Gasteiger partial charge is 0.491 e. The molecular formula is C16H24N2O3. The molecule has 116 valence electrons. The van der Waals surface area contributed by atoms with Crippen molar-refractivity contribution in [2.24, 2.45) is 5.92 Å². The summed E-state index contributed by atoms with van der Waals surface area (Å²) in [6.45, 7) is 2.76. The molecule has 0 aliphatic heterocycles. The maximum Gasteiger partial charge on any atom is 0.319 e. The van der Waals surface area contributed by atoms with E-state index in [-0.39, 0.29) is 18.7 Å². The third-order valence-corrected chi connectivity index (χ3v) is 3.61. The van der Waals surface area contributed by atoms with Crippen LogP contribution >= 0.6 is 0 Å². The van der Waals surface area contributed by atoms with Crippen molar-refractivity contribution in [2.45, 2.75) is 38.6 Å². The van der Waals surface area contributed by atoms with Crippen LogP contribution in [0, 0.1) is 5.92 Å². The molecule has 1 saturated carbocycles. The van der Waals surface area contributed by atoms with E-state index in [1.165, 1.54) is 12.8 Å². The van der Waals surface area contributed by atoms with E-state index in [1.807, 2.05) is 31.2 Å². The van der Waals surface area contributed by atoms with Gasteiger partial charge in [0.05, 0.1) is 12.3 Å². The Morgan fingerprint density at radius 3 is 2.86 bits per heavy atom. The van der Waals surface area contributed by atoms with Gasteiger partial charge in [-0.1, -0.05) is 19.1 Å². The number of amides is 2. The molecule has 2 rings (SSSR count). The maximum absolute atomic E-state index is 12.0. The molecule has 1 atom stereocenters. The number of urea groups is 1. The van der Waals surface area contributed by atoms with E-state index in [2.05, 4.69) is 10.6 Å². The first-order valence-electron chi connectivity index (χ1n) is 7.63. The highest BCUT2D eigenvalue weighted by molar-refractivity contribution is 5.91. The van der Waals surface area contributed by atoms with Gasteiger partial charge in [-0.2, -0.15) is 0 Å². The highest BCUT2D eigenvalue weighted by atomic mass is 16.5. The van der Waals surface area contributed by atoms with Crippen molar-refractivity contribution in [1.29, 1.82) is 0 Å². The number of hydrogen-bond donors (Lipinski definition) is 3. The molecule has 0 radical (unpaired) electrons. The predicted octanol–water partition coefficient (Wildman–Crippen LogP) is 2.76. The smallest absolute Gasteiger partial charge is 0.319 e. The molecule has 1 fully saturated rings. The zero-order valence-electron chi connectivity index (χ0n) is 12.5. The van der Waals surface area contributed by atoms with Gasteiger partial charge in [0.1, 0.15) is 5.75 Å².